The molecule has 128 valence electrons. The van der Waals surface area contributed by atoms with E-state index in [-0.39, 0.29) is 6.04 Å². The number of hydrogen-bond acceptors (Lipinski definition) is 5. The minimum Gasteiger partial charge on any atom is -0.497 e. The number of ether oxygens (including phenoxy) is 4. The summed E-state index contributed by atoms with van der Waals surface area (Å²) in [6, 6.07) is 12.0. The maximum atomic E-state index is 5.65. The van der Waals surface area contributed by atoms with Gasteiger partial charge in [0.2, 0.25) is 0 Å². The van der Waals surface area contributed by atoms with E-state index in [1.54, 1.807) is 14.2 Å². The molecule has 0 aliphatic carbocycles. The molecule has 0 bridgehead atoms. The van der Waals surface area contributed by atoms with E-state index in [0.29, 0.717) is 19.8 Å². The van der Waals surface area contributed by atoms with Crippen molar-refractivity contribution in [3.8, 4) is 23.0 Å². The van der Waals surface area contributed by atoms with E-state index in [0.717, 1.165) is 34.1 Å². The number of rotatable bonds is 6. The van der Waals surface area contributed by atoms with E-state index in [1.807, 2.05) is 30.3 Å². The fraction of sp³-hybridized carbons (Fsp3) is 0.368. The Morgan fingerprint density at radius 2 is 1.79 bits per heavy atom. The van der Waals surface area contributed by atoms with Crippen molar-refractivity contribution in [2.24, 2.45) is 0 Å². The summed E-state index contributed by atoms with van der Waals surface area (Å²) in [4.78, 5) is 0. The molecule has 5 heteroatoms. The van der Waals surface area contributed by atoms with Gasteiger partial charge in [0.25, 0.3) is 0 Å². The molecule has 1 heterocycles. The highest BCUT2D eigenvalue weighted by Gasteiger charge is 2.15. The lowest BCUT2D eigenvalue weighted by molar-refractivity contribution is 0.171. The average molecular weight is 329 g/mol. The second-order valence-corrected chi connectivity index (χ2v) is 5.68. The van der Waals surface area contributed by atoms with Gasteiger partial charge in [-0.15, -0.1) is 0 Å². The highest BCUT2D eigenvalue weighted by atomic mass is 16.6. The first-order valence-electron chi connectivity index (χ1n) is 8.05. The quantitative estimate of drug-likeness (QED) is 0.881. The second-order valence-electron chi connectivity index (χ2n) is 5.68. The molecule has 0 radical (unpaired) electrons. The standard InChI is InChI=1S/C19H23NO4/c1-13(14-4-6-18-19(11-14)24-9-8-23-18)20-12-15-10-16(21-2)5-7-17(15)22-3/h4-7,10-11,13,20H,8-9,12H2,1-3H3/t13-/m1/s1. The van der Waals surface area contributed by atoms with Crippen LogP contribution in [0.5, 0.6) is 23.0 Å². The predicted octanol–water partition coefficient (Wildman–Crippen LogP) is 3.33. The molecule has 1 aliphatic rings. The van der Waals surface area contributed by atoms with Crippen molar-refractivity contribution in [3.63, 3.8) is 0 Å². The van der Waals surface area contributed by atoms with Crippen molar-refractivity contribution in [1.29, 1.82) is 0 Å². The molecule has 1 aliphatic heterocycles. The minimum atomic E-state index is 0.164. The van der Waals surface area contributed by atoms with E-state index in [9.17, 15) is 0 Å². The topological polar surface area (TPSA) is 49.0 Å². The zero-order chi connectivity index (χ0) is 16.9. The molecule has 2 aromatic rings. The van der Waals surface area contributed by atoms with Crippen molar-refractivity contribution in [2.45, 2.75) is 19.5 Å². The Morgan fingerprint density at radius 1 is 1.00 bits per heavy atom. The largest absolute Gasteiger partial charge is 0.497 e. The molecule has 1 N–H and O–H groups in total. The molecule has 0 spiro atoms. The van der Waals surface area contributed by atoms with E-state index < -0.39 is 0 Å². The van der Waals surface area contributed by atoms with Crippen LogP contribution in [0.3, 0.4) is 0 Å². The maximum Gasteiger partial charge on any atom is 0.161 e. The number of methoxy groups -OCH3 is 2. The fourth-order valence-corrected chi connectivity index (χ4v) is 2.73. The van der Waals surface area contributed by atoms with Crippen LogP contribution in [-0.2, 0) is 6.54 Å². The first-order chi connectivity index (χ1) is 11.7. The van der Waals surface area contributed by atoms with Gasteiger partial charge in [0.1, 0.15) is 24.7 Å². The van der Waals surface area contributed by atoms with Gasteiger partial charge in [-0.05, 0) is 42.8 Å². The summed E-state index contributed by atoms with van der Waals surface area (Å²) in [5.41, 5.74) is 2.21. The Hall–Kier alpha value is -2.40. The summed E-state index contributed by atoms with van der Waals surface area (Å²) < 4.78 is 21.9. The van der Waals surface area contributed by atoms with E-state index in [2.05, 4.69) is 18.3 Å². The van der Waals surface area contributed by atoms with Crippen LogP contribution < -0.4 is 24.3 Å². The lowest BCUT2D eigenvalue weighted by Gasteiger charge is -2.21. The summed E-state index contributed by atoms with van der Waals surface area (Å²) in [6.45, 7) is 4.00. The lowest BCUT2D eigenvalue weighted by atomic mass is 10.1. The van der Waals surface area contributed by atoms with Gasteiger partial charge in [0.15, 0.2) is 11.5 Å². The molecule has 0 fully saturated rings. The molecule has 0 saturated carbocycles. The molecular formula is C19H23NO4. The molecule has 3 rings (SSSR count). The molecular weight excluding hydrogens is 306 g/mol. The van der Waals surface area contributed by atoms with E-state index in [4.69, 9.17) is 18.9 Å². The van der Waals surface area contributed by atoms with Crippen molar-refractivity contribution >= 4 is 0 Å². The zero-order valence-electron chi connectivity index (χ0n) is 14.3. The first-order valence-corrected chi connectivity index (χ1v) is 8.05. The molecule has 0 aromatic heterocycles. The number of hydrogen-bond donors (Lipinski definition) is 1. The summed E-state index contributed by atoms with van der Waals surface area (Å²) in [7, 11) is 3.34. The second kappa shape index (κ2) is 7.45. The van der Waals surface area contributed by atoms with Crippen molar-refractivity contribution < 1.29 is 18.9 Å². The SMILES string of the molecule is COc1ccc(OC)c(CN[C@H](C)c2ccc3c(c2)OCCO3)c1. The highest BCUT2D eigenvalue weighted by molar-refractivity contribution is 5.45. The average Bonchev–Trinajstić information content (AvgIpc) is 2.65. The van der Waals surface area contributed by atoms with E-state index in [1.165, 1.54) is 0 Å². The third-order valence-corrected chi connectivity index (χ3v) is 4.15. The maximum absolute atomic E-state index is 5.65. The molecule has 0 unspecified atom stereocenters. The Morgan fingerprint density at radius 3 is 2.54 bits per heavy atom. The van der Waals surface area contributed by atoms with Gasteiger partial charge in [-0.1, -0.05) is 6.07 Å². The molecule has 2 aromatic carbocycles. The molecule has 1 atom stereocenters. The van der Waals surface area contributed by atoms with E-state index >= 15 is 0 Å². The normalized spacial score (nSPS) is 14.1. The van der Waals surface area contributed by atoms with Gasteiger partial charge in [-0.3, -0.25) is 0 Å². The molecule has 0 amide bonds. The minimum absolute atomic E-state index is 0.164. The van der Waals surface area contributed by atoms with Gasteiger partial charge in [0.05, 0.1) is 14.2 Å². The molecule has 5 nitrogen and oxygen atoms in total. The zero-order valence-corrected chi connectivity index (χ0v) is 14.3. The third-order valence-electron chi connectivity index (χ3n) is 4.15. The fourth-order valence-electron chi connectivity index (χ4n) is 2.73. The monoisotopic (exact) mass is 329 g/mol. The summed E-state index contributed by atoms with van der Waals surface area (Å²) in [5, 5.41) is 3.52. The predicted molar refractivity (Wildman–Crippen MR) is 92.2 cm³/mol. The summed E-state index contributed by atoms with van der Waals surface area (Å²) >= 11 is 0. The van der Waals surface area contributed by atoms with Crippen molar-refractivity contribution in [2.75, 3.05) is 27.4 Å². The lowest BCUT2D eigenvalue weighted by Crippen LogP contribution is -2.20. The summed E-state index contributed by atoms with van der Waals surface area (Å²) in [5.74, 6) is 3.29. The smallest absolute Gasteiger partial charge is 0.161 e. The van der Waals surface area contributed by atoms with Crippen molar-refractivity contribution in [1.82, 2.24) is 5.32 Å². The van der Waals surface area contributed by atoms with Crippen LogP contribution in [0.4, 0.5) is 0 Å². The van der Waals surface area contributed by atoms with Gasteiger partial charge < -0.3 is 24.3 Å². The Balaban J connectivity index is 1.70. The van der Waals surface area contributed by atoms with Gasteiger partial charge >= 0.3 is 0 Å². The first kappa shape index (κ1) is 16.5. The Kier molecular flexibility index (Phi) is 5.11. The molecule has 24 heavy (non-hydrogen) atoms. The van der Waals surface area contributed by atoms with Crippen LogP contribution in [0.15, 0.2) is 36.4 Å². The number of fused-ring (bicyclic) bond motifs is 1. The van der Waals surface area contributed by atoms with Crippen molar-refractivity contribution in [3.05, 3.63) is 47.5 Å². The van der Waals surface area contributed by atoms with Crippen LogP contribution in [0.25, 0.3) is 0 Å². The highest BCUT2D eigenvalue weighted by Crippen LogP contribution is 2.33. The van der Waals surface area contributed by atoms with Crippen LogP contribution in [-0.4, -0.2) is 27.4 Å². The number of nitrogens with one attached hydrogen (secondary N) is 1. The van der Waals surface area contributed by atoms with Gasteiger partial charge in [-0.25, -0.2) is 0 Å². The van der Waals surface area contributed by atoms with Crippen LogP contribution in [0.2, 0.25) is 0 Å². The van der Waals surface area contributed by atoms with Gasteiger partial charge in [0, 0.05) is 18.2 Å². The van der Waals surface area contributed by atoms with Crippen LogP contribution in [0.1, 0.15) is 24.1 Å². The Labute approximate surface area is 142 Å². The van der Waals surface area contributed by atoms with Crippen LogP contribution in [0, 0.1) is 0 Å². The number of benzene rings is 2. The summed E-state index contributed by atoms with van der Waals surface area (Å²) in [6.07, 6.45) is 0. The van der Waals surface area contributed by atoms with Gasteiger partial charge in [-0.2, -0.15) is 0 Å². The molecule has 0 saturated heterocycles. The Bertz CT molecular complexity index is 702. The third kappa shape index (κ3) is 3.57. The van der Waals surface area contributed by atoms with Crippen LogP contribution >= 0.6 is 0 Å².